The summed E-state index contributed by atoms with van der Waals surface area (Å²) in [4.78, 5) is 6.66. The second-order valence-corrected chi connectivity index (χ2v) is 7.34. The number of fused-ring (bicyclic) bond motifs is 1. The standard InChI is InChI=1S/C17H19N3O3S/c1-12(13-7-9-14(10-8-13)24(18,21)22)20(2)11-17-19-15-5-3-4-6-16(15)23-17/h3-10,12H,11H2,1-2H3,(H2,18,21,22). The van der Waals surface area contributed by atoms with E-state index < -0.39 is 10.0 Å². The van der Waals surface area contributed by atoms with Gasteiger partial charge in [0.2, 0.25) is 15.9 Å². The molecule has 0 saturated heterocycles. The maximum atomic E-state index is 11.3. The number of primary sulfonamides is 1. The normalized spacial score (nSPS) is 13.5. The molecule has 1 atom stereocenters. The fourth-order valence-electron chi connectivity index (χ4n) is 2.53. The van der Waals surface area contributed by atoms with Gasteiger partial charge in [-0.05, 0) is 43.8 Å². The molecule has 126 valence electrons. The molecule has 0 spiro atoms. The van der Waals surface area contributed by atoms with Crippen LogP contribution >= 0.6 is 0 Å². The molecule has 0 aliphatic carbocycles. The summed E-state index contributed by atoms with van der Waals surface area (Å²) in [7, 11) is -1.70. The number of para-hydroxylation sites is 2. The van der Waals surface area contributed by atoms with Crippen molar-refractivity contribution >= 4 is 21.1 Å². The SMILES string of the molecule is CC(c1ccc(S(N)(=O)=O)cc1)N(C)Cc1nc2ccccc2o1. The molecule has 0 aliphatic rings. The molecule has 1 aromatic heterocycles. The number of nitrogens with two attached hydrogens (primary N) is 1. The lowest BCUT2D eigenvalue weighted by atomic mass is 10.1. The minimum Gasteiger partial charge on any atom is -0.439 e. The van der Waals surface area contributed by atoms with Crippen molar-refractivity contribution in [3.05, 3.63) is 60.0 Å². The predicted molar refractivity (Wildman–Crippen MR) is 91.7 cm³/mol. The first-order chi connectivity index (χ1) is 11.3. The molecule has 6 nitrogen and oxygen atoms in total. The van der Waals surface area contributed by atoms with Gasteiger partial charge < -0.3 is 4.42 Å². The molecule has 0 amide bonds. The van der Waals surface area contributed by atoms with Crippen LogP contribution in [0.15, 0.2) is 57.8 Å². The molecule has 0 aliphatic heterocycles. The molecule has 7 heteroatoms. The fourth-order valence-corrected chi connectivity index (χ4v) is 3.04. The van der Waals surface area contributed by atoms with Gasteiger partial charge >= 0.3 is 0 Å². The van der Waals surface area contributed by atoms with Crippen molar-refractivity contribution in [1.29, 1.82) is 0 Å². The van der Waals surface area contributed by atoms with Gasteiger partial charge in [0.25, 0.3) is 0 Å². The predicted octanol–water partition coefficient (Wildman–Crippen LogP) is 2.67. The third kappa shape index (κ3) is 3.48. The van der Waals surface area contributed by atoms with Gasteiger partial charge in [-0.25, -0.2) is 18.5 Å². The zero-order valence-corrected chi connectivity index (χ0v) is 14.3. The summed E-state index contributed by atoms with van der Waals surface area (Å²) < 4.78 is 28.4. The van der Waals surface area contributed by atoms with Crippen LogP contribution in [0, 0.1) is 0 Å². The first kappa shape index (κ1) is 16.6. The van der Waals surface area contributed by atoms with Crippen molar-refractivity contribution in [3.8, 4) is 0 Å². The van der Waals surface area contributed by atoms with E-state index in [-0.39, 0.29) is 10.9 Å². The topological polar surface area (TPSA) is 89.4 Å². The Morgan fingerprint density at radius 1 is 1.17 bits per heavy atom. The van der Waals surface area contributed by atoms with Crippen LogP contribution in [0.25, 0.3) is 11.1 Å². The van der Waals surface area contributed by atoms with Crippen molar-refractivity contribution in [2.45, 2.75) is 24.4 Å². The Labute approximate surface area is 141 Å². The van der Waals surface area contributed by atoms with Gasteiger partial charge in [0.05, 0.1) is 11.4 Å². The van der Waals surface area contributed by atoms with Crippen LogP contribution in [0.3, 0.4) is 0 Å². The van der Waals surface area contributed by atoms with Crippen LogP contribution < -0.4 is 5.14 Å². The maximum Gasteiger partial charge on any atom is 0.238 e. The average molecular weight is 345 g/mol. The van der Waals surface area contributed by atoms with E-state index in [0.717, 1.165) is 16.7 Å². The molecule has 0 bridgehead atoms. The Hall–Kier alpha value is -2.22. The molecule has 24 heavy (non-hydrogen) atoms. The Morgan fingerprint density at radius 2 is 1.83 bits per heavy atom. The van der Waals surface area contributed by atoms with Crippen LogP contribution in [0.2, 0.25) is 0 Å². The highest BCUT2D eigenvalue weighted by Crippen LogP contribution is 2.23. The van der Waals surface area contributed by atoms with Gasteiger partial charge in [0, 0.05) is 6.04 Å². The second-order valence-electron chi connectivity index (χ2n) is 5.78. The van der Waals surface area contributed by atoms with Crippen LogP contribution in [-0.2, 0) is 16.6 Å². The Bertz CT molecular complexity index is 916. The first-order valence-electron chi connectivity index (χ1n) is 7.52. The fraction of sp³-hybridized carbons (Fsp3) is 0.235. The maximum absolute atomic E-state index is 11.3. The van der Waals surface area contributed by atoms with E-state index in [4.69, 9.17) is 9.56 Å². The van der Waals surface area contributed by atoms with E-state index >= 15 is 0 Å². The summed E-state index contributed by atoms with van der Waals surface area (Å²) in [6.07, 6.45) is 0. The smallest absolute Gasteiger partial charge is 0.238 e. The summed E-state index contributed by atoms with van der Waals surface area (Å²) >= 11 is 0. The molecule has 0 saturated carbocycles. The van der Waals surface area contributed by atoms with Crippen LogP contribution in [0.1, 0.15) is 24.4 Å². The van der Waals surface area contributed by atoms with Crippen molar-refractivity contribution in [2.75, 3.05) is 7.05 Å². The van der Waals surface area contributed by atoms with E-state index in [1.54, 1.807) is 12.1 Å². The van der Waals surface area contributed by atoms with Gasteiger partial charge in [0.15, 0.2) is 5.58 Å². The van der Waals surface area contributed by atoms with E-state index in [9.17, 15) is 8.42 Å². The number of oxazole rings is 1. The minimum atomic E-state index is -3.67. The highest BCUT2D eigenvalue weighted by atomic mass is 32.2. The quantitative estimate of drug-likeness (QED) is 0.768. The molecule has 2 N–H and O–H groups in total. The number of nitrogens with zero attached hydrogens (tertiary/aromatic N) is 2. The van der Waals surface area contributed by atoms with E-state index in [2.05, 4.69) is 9.88 Å². The number of sulfonamides is 1. The third-order valence-electron chi connectivity index (χ3n) is 4.08. The lowest BCUT2D eigenvalue weighted by molar-refractivity contribution is 0.230. The van der Waals surface area contributed by atoms with Crippen LogP contribution in [-0.4, -0.2) is 25.3 Å². The van der Waals surface area contributed by atoms with Crippen molar-refractivity contribution in [1.82, 2.24) is 9.88 Å². The highest BCUT2D eigenvalue weighted by Gasteiger charge is 2.16. The zero-order valence-electron chi connectivity index (χ0n) is 13.5. The summed E-state index contributed by atoms with van der Waals surface area (Å²) in [5.41, 5.74) is 2.60. The monoisotopic (exact) mass is 345 g/mol. The molecule has 0 radical (unpaired) electrons. The Balaban J connectivity index is 1.75. The summed E-state index contributed by atoms with van der Waals surface area (Å²) in [6.45, 7) is 2.58. The highest BCUT2D eigenvalue weighted by molar-refractivity contribution is 7.89. The van der Waals surface area contributed by atoms with E-state index in [1.807, 2.05) is 38.2 Å². The lowest BCUT2D eigenvalue weighted by Crippen LogP contribution is -2.22. The minimum absolute atomic E-state index is 0.0644. The largest absolute Gasteiger partial charge is 0.439 e. The molecule has 3 rings (SSSR count). The number of aromatic nitrogens is 1. The molecule has 0 fully saturated rings. The van der Waals surface area contributed by atoms with Crippen LogP contribution in [0.4, 0.5) is 0 Å². The average Bonchev–Trinajstić information content (AvgIpc) is 2.95. The van der Waals surface area contributed by atoms with Crippen LogP contribution in [0.5, 0.6) is 0 Å². The number of hydrogen-bond donors (Lipinski definition) is 1. The van der Waals surface area contributed by atoms with E-state index in [0.29, 0.717) is 12.4 Å². The Kier molecular flexibility index (Phi) is 4.40. The third-order valence-corrected chi connectivity index (χ3v) is 5.00. The van der Waals surface area contributed by atoms with Gasteiger partial charge in [-0.2, -0.15) is 0 Å². The number of benzene rings is 2. The van der Waals surface area contributed by atoms with Gasteiger partial charge in [-0.1, -0.05) is 24.3 Å². The first-order valence-corrected chi connectivity index (χ1v) is 9.06. The zero-order chi connectivity index (χ0) is 17.3. The van der Waals surface area contributed by atoms with Gasteiger partial charge in [0.1, 0.15) is 5.52 Å². The molecular weight excluding hydrogens is 326 g/mol. The van der Waals surface area contributed by atoms with Gasteiger partial charge in [-0.15, -0.1) is 0 Å². The summed E-state index contributed by atoms with van der Waals surface area (Å²) in [5, 5.41) is 5.12. The van der Waals surface area contributed by atoms with E-state index in [1.165, 1.54) is 12.1 Å². The summed E-state index contributed by atoms with van der Waals surface area (Å²) in [6, 6.07) is 14.3. The molecule has 2 aromatic carbocycles. The second kappa shape index (κ2) is 6.35. The van der Waals surface area contributed by atoms with Crippen molar-refractivity contribution in [2.24, 2.45) is 5.14 Å². The Morgan fingerprint density at radius 3 is 2.46 bits per heavy atom. The summed E-state index contributed by atoms with van der Waals surface area (Å²) in [5.74, 6) is 0.645. The van der Waals surface area contributed by atoms with Gasteiger partial charge in [-0.3, -0.25) is 4.90 Å². The van der Waals surface area contributed by atoms with Crippen molar-refractivity contribution < 1.29 is 12.8 Å². The number of rotatable bonds is 5. The molecule has 3 aromatic rings. The molecule has 1 heterocycles. The lowest BCUT2D eigenvalue weighted by Gasteiger charge is -2.23. The number of hydrogen-bond acceptors (Lipinski definition) is 5. The molecular formula is C17H19N3O3S. The molecule has 1 unspecified atom stereocenters. The van der Waals surface area contributed by atoms with Crippen molar-refractivity contribution in [3.63, 3.8) is 0 Å².